The van der Waals surface area contributed by atoms with Gasteiger partial charge in [-0.3, -0.25) is 4.79 Å². The molecular weight excluding hydrogens is 284 g/mol. The van der Waals surface area contributed by atoms with Crippen LogP contribution in [0.3, 0.4) is 0 Å². The number of hydrogen-bond acceptors (Lipinski definition) is 2. The Labute approximate surface area is 140 Å². The summed E-state index contributed by atoms with van der Waals surface area (Å²) in [5.74, 6) is 1.06. The zero-order valence-electron chi connectivity index (χ0n) is 15.1. The van der Waals surface area contributed by atoms with Crippen molar-refractivity contribution in [3.63, 3.8) is 0 Å². The molecule has 0 fully saturated rings. The summed E-state index contributed by atoms with van der Waals surface area (Å²) >= 11 is 0. The van der Waals surface area contributed by atoms with Gasteiger partial charge in [0.05, 0.1) is 12.5 Å². The van der Waals surface area contributed by atoms with Gasteiger partial charge in [0, 0.05) is 5.92 Å². The van der Waals surface area contributed by atoms with Gasteiger partial charge in [-0.2, -0.15) is 0 Å². The molecule has 0 aromatic rings. The van der Waals surface area contributed by atoms with Crippen LogP contribution in [0, 0.1) is 22.7 Å². The molecule has 23 heavy (non-hydrogen) atoms. The van der Waals surface area contributed by atoms with E-state index >= 15 is 0 Å². The van der Waals surface area contributed by atoms with Gasteiger partial charge in [-0.05, 0) is 63.7 Å². The predicted molar refractivity (Wildman–Crippen MR) is 93.9 cm³/mol. The van der Waals surface area contributed by atoms with Crippen LogP contribution in [0.15, 0.2) is 35.5 Å². The largest absolute Gasteiger partial charge is 0.468 e. The minimum atomic E-state index is -0.407. The summed E-state index contributed by atoms with van der Waals surface area (Å²) in [6, 6.07) is 0. The number of fused-ring (bicyclic) bond motifs is 2. The zero-order chi connectivity index (χ0) is 16.8. The minimum absolute atomic E-state index is 0.0467. The maximum Gasteiger partial charge on any atom is 0.315 e. The molecule has 0 spiro atoms. The summed E-state index contributed by atoms with van der Waals surface area (Å²) in [5.41, 5.74) is 4.20. The molecule has 2 nitrogen and oxygen atoms in total. The van der Waals surface area contributed by atoms with Crippen LogP contribution in [0.2, 0.25) is 0 Å². The first-order chi connectivity index (χ1) is 10.9. The van der Waals surface area contributed by atoms with Crippen LogP contribution in [0.1, 0.15) is 59.3 Å². The summed E-state index contributed by atoms with van der Waals surface area (Å²) < 4.78 is 5.17. The van der Waals surface area contributed by atoms with Gasteiger partial charge in [-0.25, -0.2) is 0 Å². The zero-order valence-corrected chi connectivity index (χ0v) is 15.1. The second-order valence-electron chi connectivity index (χ2n) is 8.11. The quantitative estimate of drug-likeness (QED) is 0.516. The Balaban J connectivity index is 2.10. The summed E-state index contributed by atoms with van der Waals surface area (Å²) in [7, 11) is 1.52. The van der Waals surface area contributed by atoms with Crippen molar-refractivity contribution in [3.8, 4) is 0 Å². The number of rotatable bonds is 2. The lowest BCUT2D eigenvalue weighted by molar-refractivity contribution is -0.150. The monoisotopic (exact) mass is 314 g/mol. The third-order valence-electron chi connectivity index (χ3n) is 7.04. The molecule has 3 rings (SSSR count). The molecule has 0 N–H and O–H groups in total. The van der Waals surface area contributed by atoms with Gasteiger partial charge in [-0.1, -0.05) is 35.8 Å². The lowest BCUT2D eigenvalue weighted by atomic mass is 9.50. The van der Waals surface area contributed by atoms with E-state index in [2.05, 4.69) is 39.5 Å². The molecule has 0 aromatic heterocycles. The van der Waals surface area contributed by atoms with Crippen LogP contribution < -0.4 is 0 Å². The maximum atomic E-state index is 12.5. The Kier molecular flexibility index (Phi) is 4.06. The van der Waals surface area contributed by atoms with Crippen molar-refractivity contribution in [2.75, 3.05) is 7.11 Å². The molecule has 0 saturated heterocycles. The third kappa shape index (κ3) is 2.25. The van der Waals surface area contributed by atoms with Gasteiger partial charge in [0.15, 0.2) is 0 Å². The van der Waals surface area contributed by atoms with E-state index in [4.69, 9.17) is 4.74 Å². The van der Waals surface area contributed by atoms with Crippen molar-refractivity contribution in [2.45, 2.75) is 59.3 Å². The molecule has 0 heterocycles. The van der Waals surface area contributed by atoms with E-state index in [1.54, 1.807) is 5.57 Å². The number of esters is 1. The van der Waals surface area contributed by atoms with Crippen LogP contribution in [0.4, 0.5) is 0 Å². The molecule has 0 aromatic carbocycles. The lowest BCUT2D eigenvalue weighted by Gasteiger charge is -2.53. The van der Waals surface area contributed by atoms with Crippen molar-refractivity contribution in [3.05, 3.63) is 35.5 Å². The summed E-state index contributed by atoms with van der Waals surface area (Å²) in [5, 5.41) is 0. The highest BCUT2D eigenvalue weighted by molar-refractivity contribution is 5.81. The van der Waals surface area contributed by atoms with E-state index in [1.807, 2.05) is 0 Å². The van der Waals surface area contributed by atoms with E-state index in [0.717, 1.165) is 38.5 Å². The topological polar surface area (TPSA) is 26.3 Å². The second kappa shape index (κ2) is 5.65. The van der Waals surface area contributed by atoms with Crippen molar-refractivity contribution < 1.29 is 9.53 Å². The fraction of sp³-hybridized carbons (Fsp3) is 0.667. The first kappa shape index (κ1) is 16.5. The summed E-state index contributed by atoms with van der Waals surface area (Å²) in [4.78, 5) is 12.5. The predicted octanol–water partition coefficient (Wildman–Crippen LogP) is 5.21. The number of carbonyl (C=O) groups excluding carboxylic acids is 1. The Morgan fingerprint density at radius 3 is 2.74 bits per heavy atom. The third-order valence-corrected chi connectivity index (χ3v) is 7.04. The fourth-order valence-corrected chi connectivity index (χ4v) is 5.63. The van der Waals surface area contributed by atoms with Gasteiger partial charge in [-0.15, -0.1) is 6.58 Å². The van der Waals surface area contributed by atoms with Gasteiger partial charge in [0.1, 0.15) is 0 Å². The van der Waals surface area contributed by atoms with Crippen LogP contribution >= 0.6 is 0 Å². The van der Waals surface area contributed by atoms with E-state index in [-0.39, 0.29) is 11.4 Å². The molecule has 0 aliphatic heterocycles. The highest BCUT2D eigenvalue weighted by Gasteiger charge is 2.52. The Morgan fingerprint density at radius 2 is 2.09 bits per heavy atom. The first-order valence-corrected chi connectivity index (χ1v) is 8.99. The van der Waals surface area contributed by atoms with Gasteiger partial charge in [0.25, 0.3) is 0 Å². The van der Waals surface area contributed by atoms with Crippen LogP contribution in [0.5, 0.6) is 0 Å². The van der Waals surface area contributed by atoms with Crippen LogP contribution in [0.25, 0.3) is 0 Å². The van der Waals surface area contributed by atoms with Gasteiger partial charge < -0.3 is 4.74 Å². The van der Waals surface area contributed by atoms with Crippen molar-refractivity contribution >= 4 is 5.97 Å². The van der Waals surface area contributed by atoms with E-state index in [9.17, 15) is 4.79 Å². The van der Waals surface area contributed by atoms with Crippen molar-refractivity contribution in [1.82, 2.24) is 0 Å². The number of hydrogen-bond donors (Lipinski definition) is 0. The fourth-order valence-electron chi connectivity index (χ4n) is 5.63. The number of methoxy groups -OCH3 is 1. The molecule has 0 amide bonds. The second-order valence-corrected chi connectivity index (χ2v) is 8.11. The van der Waals surface area contributed by atoms with E-state index in [1.165, 1.54) is 18.3 Å². The van der Waals surface area contributed by atoms with E-state index < -0.39 is 5.41 Å². The molecule has 4 atom stereocenters. The van der Waals surface area contributed by atoms with Crippen molar-refractivity contribution in [1.29, 1.82) is 0 Å². The molecule has 0 bridgehead atoms. The normalized spacial score (nSPS) is 39.9. The van der Waals surface area contributed by atoms with Crippen molar-refractivity contribution in [2.24, 2.45) is 22.7 Å². The lowest BCUT2D eigenvalue weighted by Crippen LogP contribution is -2.45. The molecule has 3 aliphatic carbocycles. The standard InChI is InChI=1S/C21H30O2/c1-6-15-14(2)11-13-20(3)16(15)9-10-18-17(20)8-7-12-21(18,4)19(22)23-5/h6,11,15-16H,1,7-10,12-13H2,2-5H3/t15-,16-,20+,21+/m0/s1. The maximum absolute atomic E-state index is 12.5. The summed E-state index contributed by atoms with van der Waals surface area (Å²) in [6.45, 7) is 10.9. The Hall–Kier alpha value is -1.31. The molecule has 0 unspecified atom stereocenters. The highest BCUT2D eigenvalue weighted by Crippen LogP contribution is 2.60. The molecule has 3 aliphatic rings. The number of carbonyl (C=O) groups is 1. The average molecular weight is 314 g/mol. The minimum Gasteiger partial charge on any atom is -0.468 e. The highest BCUT2D eigenvalue weighted by atomic mass is 16.5. The molecule has 0 radical (unpaired) electrons. The average Bonchev–Trinajstić information content (AvgIpc) is 2.55. The Bertz CT molecular complexity index is 597. The molecule has 2 heteroatoms. The number of ether oxygens (including phenoxy) is 1. The van der Waals surface area contributed by atoms with Crippen LogP contribution in [-0.2, 0) is 9.53 Å². The Morgan fingerprint density at radius 1 is 1.35 bits per heavy atom. The molecule has 126 valence electrons. The molecular formula is C21H30O2. The number of allylic oxidation sites excluding steroid dienone is 4. The van der Waals surface area contributed by atoms with Crippen LogP contribution in [-0.4, -0.2) is 13.1 Å². The SMILES string of the molecule is C=C[C@H]1C(C)=CC[C@@]2(C)C3=C(CC[C@@H]12)[C@](C)(C(=O)OC)CCC3. The first-order valence-electron chi connectivity index (χ1n) is 8.99. The van der Waals surface area contributed by atoms with Gasteiger partial charge in [0.2, 0.25) is 0 Å². The molecule has 0 saturated carbocycles. The van der Waals surface area contributed by atoms with E-state index in [0.29, 0.717) is 11.8 Å². The summed E-state index contributed by atoms with van der Waals surface area (Å²) in [6.07, 6.45) is 11.0. The van der Waals surface area contributed by atoms with Gasteiger partial charge >= 0.3 is 5.97 Å². The smallest absolute Gasteiger partial charge is 0.315 e.